The first-order chi connectivity index (χ1) is 16.3. The molecule has 10 heteroatoms. The van der Waals surface area contributed by atoms with Gasteiger partial charge in [-0.05, 0) is 66.7 Å². The van der Waals surface area contributed by atoms with Crippen LogP contribution >= 0.6 is 0 Å². The van der Waals surface area contributed by atoms with Crippen molar-refractivity contribution in [3.05, 3.63) is 0 Å². The number of hydrogen-bond acceptors (Lipinski definition) is 10. The molecular formula is C25H38O10. The number of epoxide rings is 1. The summed E-state index contributed by atoms with van der Waals surface area (Å²) in [6, 6.07) is 0. The summed E-state index contributed by atoms with van der Waals surface area (Å²) >= 11 is 0. The van der Waals surface area contributed by atoms with E-state index in [-0.39, 0.29) is 25.9 Å². The third-order valence-electron chi connectivity index (χ3n) is 8.25. The summed E-state index contributed by atoms with van der Waals surface area (Å²) in [6.07, 6.45) is 2.37. The molecule has 10 nitrogen and oxygen atoms in total. The van der Waals surface area contributed by atoms with E-state index in [9.17, 15) is 19.2 Å². The Labute approximate surface area is 206 Å². The number of rotatable bonds is 11. The van der Waals surface area contributed by atoms with Crippen molar-refractivity contribution >= 4 is 24.1 Å². The molecule has 3 aliphatic rings. The minimum atomic E-state index is -1.67. The predicted molar refractivity (Wildman–Crippen MR) is 121 cm³/mol. The van der Waals surface area contributed by atoms with Crippen molar-refractivity contribution in [2.24, 2.45) is 16.2 Å². The van der Waals surface area contributed by atoms with Crippen molar-refractivity contribution in [3.8, 4) is 0 Å². The smallest absolute Gasteiger partial charge is 0.462 e. The second-order valence-electron chi connectivity index (χ2n) is 11.0. The molecule has 0 radical (unpaired) electrons. The first-order valence-electron chi connectivity index (χ1n) is 12.3. The van der Waals surface area contributed by atoms with E-state index in [1.807, 2.05) is 6.92 Å². The largest absolute Gasteiger partial charge is 0.508 e. The lowest BCUT2D eigenvalue weighted by atomic mass is 9.53. The normalized spacial score (nSPS) is 25.1. The molecule has 3 atom stereocenters. The first-order valence-corrected chi connectivity index (χ1v) is 12.3. The average Bonchev–Trinajstić information content (AvgIpc) is 3.37. The standard InChI is InChI=1S/C25H38O10/c1-7-25(10-8-9-11-25)35-19(27)23(4,5)24(6,20(28)32-13-16-12-30-16)22(2,3)18(26)31-14-17-15-33-21(29)34-17/h16-17H,7-15H2,1-6H3. The van der Waals surface area contributed by atoms with Crippen molar-refractivity contribution in [2.75, 3.05) is 26.4 Å². The molecule has 198 valence electrons. The lowest BCUT2D eigenvalue weighted by Crippen LogP contribution is -2.60. The number of hydrogen-bond donors (Lipinski definition) is 0. The number of carbonyl (C=O) groups excluding carboxylic acids is 4. The van der Waals surface area contributed by atoms with Crippen LogP contribution in [0.1, 0.15) is 73.6 Å². The second kappa shape index (κ2) is 9.95. The van der Waals surface area contributed by atoms with Gasteiger partial charge < -0.3 is 28.4 Å². The van der Waals surface area contributed by atoms with E-state index in [2.05, 4.69) is 0 Å². The van der Waals surface area contributed by atoms with Gasteiger partial charge in [0, 0.05) is 0 Å². The molecule has 35 heavy (non-hydrogen) atoms. The zero-order valence-electron chi connectivity index (χ0n) is 21.6. The Bertz CT molecular complexity index is 837. The van der Waals surface area contributed by atoms with Crippen LogP contribution in [0.4, 0.5) is 4.79 Å². The molecule has 0 bridgehead atoms. The fourth-order valence-corrected chi connectivity index (χ4v) is 4.84. The van der Waals surface area contributed by atoms with Gasteiger partial charge in [-0.1, -0.05) is 6.92 Å². The molecule has 3 fully saturated rings. The lowest BCUT2D eigenvalue weighted by Gasteiger charge is -2.49. The molecule has 3 unspecified atom stereocenters. The summed E-state index contributed by atoms with van der Waals surface area (Å²) < 4.78 is 31.8. The molecule has 1 saturated carbocycles. The third kappa shape index (κ3) is 5.27. The van der Waals surface area contributed by atoms with Gasteiger partial charge in [-0.3, -0.25) is 14.4 Å². The van der Waals surface area contributed by atoms with Gasteiger partial charge >= 0.3 is 24.1 Å². The summed E-state index contributed by atoms with van der Waals surface area (Å²) in [4.78, 5) is 51.8. The zero-order chi connectivity index (χ0) is 26.1. The summed E-state index contributed by atoms with van der Waals surface area (Å²) in [7, 11) is 0. The van der Waals surface area contributed by atoms with E-state index >= 15 is 0 Å². The van der Waals surface area contributed by atoms with Crippen LogP contribution in [0.25, 0.3) is 0 Å². The van der Waals surface area contributed by atoms with E-state index < -0.39 is 52.0 Å². The number of ether oxygens (including phenoxy) is 6. The molecular weight excluding hydrogens is 460 g/mol. The van der Waals surface area contributed by atoms with Crippen LogP contribution in [-0.2, 0) is 42.8 Å². The Balaban J connectivity index is 1.86. The third-order valence-corrected chi connectivity index (χ3v) is 8.25. The molecule has 0 amide bonds. The number of esters is 3. The predicted octanol–water partition coefficient (Wildman–Crippen LogP) is 3.33. The highest BCUT2D eigenvalue weighted by atomic mass is 16.8. The Hall–Kier alpha value is -2.36. The van der Waals surface area contributed by atoms with Crippen molar-refractivity contribution < 1.29 is 47.6 Å². The Kier molecular flexibility index (Phi) is 7.74. The monoisotopic (exact) mass is 498 g/mol. The van der Waals surface area contributed by atoms with E-state index in [4.69, 9.17) is 28.4 Å². The average molecular weight is 499 g/mol. The van der Waals surface area contributed by atoms with E-state index in [1.54, 1.807) is 27.7 Å². The van der Waals surface area contributed by atoms with Crippen LogP contribution < -0.4 is 0 Å². The summed E-state index contributed by atoms with van der Waals surface area (Å²) in [5.41, 5.74) is -5.21. The van der Waals surface area contributed by atoms with Gasteiger partial charge in [-0.15, -0.1) is 0 Å². The van der Waals surface area contributed by atoms with E-state index in [1.165, 1.54) is 6.92 Å². The summed E-state index contributed by atoms with van der Waals surface area (Å²) in [5.74, 6) is -2.03. The van der Waals surface area contributed by atoms with Crippen molar-refractivity contribution in [2.45, 2.75) is 91.5 Å². The maximum absolute atomic E-state index is 13.7. The molecule has 0 spiro atoms. The molecule has 2 saturated heterocycles. The lowest BCUT2D eigenvalue weighted by molar-refractivity contribution is -0.204. The van der Waals surface area contributed by atoms with Gasteiger partial charge in [0.15, 0.2) is 6.10 Å². The molecule has 0 aromatic heterocycles. The van der Waals surface area contributed by atoms with Gasteiger partial charge in [-0.25, -0.2) is 4.79 Å². The second-order valence-corrected chi connectivity index (χ2v) is 11.0. The Morgan fingerprint density at radius 1 is 0.886 bits per heavy atom. The number of cyclic esters (lactones) is 2. The maximum Gasteiger partial charge on any atom is 0.508 e. The minimum absolute atomic E-state index is 0.0267. The van der Waals surface area contributed by atoms with Crippen LogP contribution in [-0.4, -0.2) is 68.3 Å². The molecule has 2 heterocycles. The van der Waals surface area contributed by atoms with Gasteiger partial charge in [0.2, 0.25) is 0 Å². The highest BCUT2D eigenvalue weighted by Crippen LogP contribution is 2.55. The zero-order valence-corrected chi connectivity index (χ0v) is 21.6. The summed E-state index contributed by atoms with van der Waals surface area (Å²) in [5, 5.41) is 0. The molecule has 1 aliphatic carbocycles. The Morgan fingerprint density at radius 3 is 1.94 bits per heavy atom. The van der Waals surface area contributed by atoms with Crippen LogP contribution in [0, 0.1) is 16.2 Å². The van der Waals surface area contributed by atoms with Crippen molar-refractivity contribution in [1.29, 1.82) is 0 Å². The maximum atomic E-state index is 13.7. The van der Waals surface area contributed by atoms with Gasteiger partial charge in [0.05, 0.1) is 22.9 Å². The van der Waals surface area contributed by atoms with Gasteiger partial charge in [-0.2, -0.15) is 0 Å². The molecule has 0 N–H and O–H groups in total. The topological polar surface area (TPSA) is 127 Å². The highest BCUT2D eigenvalue weighted by Gasteiger charge is 2.66. The quantitative estimate of drug-likeness (QED) is 0.238. The van der Waals surface area contributed by atoms with E-state index in [0.717, 1.165) is 25.7 Å². The molecule has 0 aromatic carbocycles. The minimum Gasteiger partial charge on any atom is -0.462 e. The van der Waals surface area contributed by atoms with Crippen molar-refractivity contribution in [3.63, 3.8) is 0 Å². The van der Waals surface area contributed by atoms with Gasteiger partial charge in [0.25, 0.3) is 0 Å². The van der Waals surface area contributed by atoms with Crippen LogP contribution in [0.5, 0.6) is 0 Å². The molecule has 0 aromatic rings. The summed E-state index contributed by atoms with van der Waals surface area (Å²) in [6.45, 7) is 10.1. The van der Waals surface area contributed by atoms with Crippen molar-refractivity contribution in [1.82, 2.24) is 0 Å². The van der Waals surface area contributed by atoms with Gasteiger partial charge in [0.1, 0.15) is 31.5 Å². The van der Waals surface area contributed by atoms with Crippen LogP contribution in [0.3, 0.4) is 0 Å². The van der Waals surface area contributed by atoms with Crippen LogP contribution in [0.15, 0.2) is 0 Å². The molecule has 2 aliphatic heterocycles. The fraction of sp³-hybridized carbons (Fsp3) is 0.840. The Morgan fingerprint density at radius 2 is 1.43 bits per heavy atom. The molecule has 3 rings (SSSR count). The first kappa shape index (κ1) is 27.2. The van der Waals surface area contributed by atoms with Crippen LogP contribution in [0.2, 0.25) is 0 Å². The SMILES string of the molecule is CCC1(OC(=O)C(C)(C)C(C)(C(=O)OCC2CO2)C(C)(C)C(=O)OCC2COC(=O)O2)CCCC1. The van der Waals surface area contributed by atoms with E-state index in [0.29, 0.717) is 13.0 Å². The highest BCUT2D eigenvalue weighted by molar-refractivity contribution is 5.94. The fourth-order valence-electron chi connectivity index (χ4n) is 4.84. The number of carbonyl (C=O) groups is 4.